The summed E-state index contributed by atoms with van der Waals surface area (Å²) in [5.41, 5.74) is 2.12. The number of nitrogens with zero attached hydrogens (tertiary/aromatic N) is 1. The summed E-state index contributed by atoms with van der Waals surface area (Å²) in [4.78, 5) is 2.08. The summed E-state index contributed by atoms with van der Waals surface area (Å²) in [6, 6.07) is 14.9. The van der Waals surface area contributed by atoms with Gasteiger partial charge in [0.05, 0.1) is 0 Å². The highest BCUT2D eigenvalue weighted by molar-refractivity contribution is 7.17. The zero-order valence-electron chi connectivity index (χ0n) is 9.93. The normalized spacial score (nSPS) is 10.8. The summed E-state index contributed by atoms with van der Waals surface area (Å²) >= 11 is 1.73. The third-order valence-corrected chi connectivity index (χ3v) is 3.93. The van der Waals surface area contributed by atoms with Crippen LogP contribution in [0.25, 0.3) is 10.1 Å². The first-order chi connectivity index (χ1) is 8.75. The van der Waals surface area contributed by atoms with E-state index < -0.39 is 0 Å². The van der Waals surface area contributed by atoms with E-state index in [0.29, 0.717) is 0 Å². The average molecular weight is 257 g/mol. The second-order valence-corrected chi connectivity index (χ2v) is 5.09. The van der Waals surface area contributed by atoms with Crippen LogP contribution in [0.3, 0.4) is 0 Å². The fourth-order valence-corrected chi connectivity index (χ4v) is 2.88. The molecule has 18 heavy (non-hydrogen) atoms. The minimum absolute atomic E-state index is 0.208. The molecule has 0 spiro atoms. The molecule has 0 N–H and O–H groups in total. The van der Waals surface area contributed by atoms with Crippen LogP contribution < -0.4 is 4.90 Å². The molecule has 0 atom stereocenters. The molecule has 1 heterocycles. The van der Waals surface area contributed by atoms with Crippen molar-refractivity contribution in [3.05, 3.63) is 59.7 Å². The second kappa shape index (κ2) is 4.42. The molecule has 0 saturated heterocycles. The van der Waals surface area contributed by atoms with Crippen LogP contribution in [0.1, 0.15) is 0 Å². The van der Waals surface area contributed by atoms with Gasteiger partial charge in [0, 0.05) is 28.5 Å². The molecule has 3 heteroatoms. The summed E-state index contributed by atoms with van der Waals surface area (Å²) in [7, 11) is 2.00. The molecular formula is C15H12FNS. The van der Waals surface area contributed by atoms with E-state index in [1.54, 1.807) is 23.5 Å². The van der Waals surface area contributed by atoms with Crippen LogP contribution in [0, 0.1) is 5.82 Å². The summed E-state index contributed by atoms with van der Waals surface area (Å²) < 4.78 is 14.2. The van der Waals surface area contributed by atoms with E-state index in [1.165, 1.54) is 22.2 Å². The number of thiophene rings is 1. The van der Waals surface area contributed by atoms with E-state index in [2.05, 4.69) is 28.5 Å². The lowest BCUT2D eigenvalue weighted by molar-refractivity contribution is 0.628. The standard InChI is InChI=1S/C15H12FNS/c1-17(12-7-5-11(16)6-8-12)14-3-2-4-15-13(14)9-10-18-15/h2-10H,1H3. The molecule has 90 valence electrons. The van der Waals surface area contributed by atoms with Gasteiger partial charge in [0.1, 0.15) is 5.82 Å². The van der Waals surface area contributed by atoms with Crippen molar-refractivity contribution >= 4 is 32.8 Å². The van der Waals surface area contributed by atoms with Crippen molar-refractivity contribution in [1.29, 1.82) is 0 Å². The lowest BCUT2D eigenvalue weighted by atomic mass is 10.2. The van der Waals surface area contributed by atoms with Crippen LogP contribution in [0.5, 0.6) is 0 Å². The van der Waals surface area contributed by atoms with Crippen molar-refractivity contribution in [2.75, 3.05) is 11.9 Å². The summed E-state index contributed by atoms with van der Waals surface area (Å²) in [6.45, 7) is 0. The highest BCUT2D eigenvalue weighted by atomic mass is 32.1. The number of hydrogen-bond donors (Lipinski definition) is 0. The van der Waals surface area contributed by atoms with Gasteiger partial charge in [-0.15, -0.1) is 11.3 Å². The van der Waals surface area contributed by atoms with E-state index in [4.69, 9.17) is 0 Å². The predicted octanol–water partition coefficient (Wildman–Crippen LogP) is 4.81. The van der Waals surface area contributed by atoms with Crippen LogP contribution in [-0.4, -0.2) is 7.05 Å². The molecule has 0 bridgehead atoms. The van der Waals surface area contributed by atoms with Crippen molar-refractivity contribution in [3.8, 4) is 0 Å². The van der Waals surface area contributed by atoms with Crippen molar-refractivity contribution < 1.29 is 4.39 Å². The van der Waals surface area contributed by atoms with Gasteiger partial charge in [0.25, 0.3) is 0 Å². The Bertz CT molecular complexity index is 672. The molecule has 0 aliphatic heterocycles. The number of fused-ring (bicyclic) bond motifs is 1. The third kappa shape index (κ3) is 1.87. The fourth-order valence-electron chi connectivity index (χ4n) is 2.07. The quantitative estimate of drug-likeness (QED) is 0.637. The van der Waals surface area contributed by atoms with Gasteiger partial charge in [-0.05, 0) is 47.8 Å². The number of benzene rings is 2. The molecule has 0 radical (unpaired) electrons. The van der Waals surface area contributed by atoms with Crippen molar-refractivity contribution in [2.24, 2.45) is 0 Å². The van der Waals surface area contributed by atoms with E-state index in [9.17, 15) is 4.39 Å². The zero-order chi connectivity index (χ0) is 12.5. The fraction of sp³-hybridized carbons (Fsp3) is 0.0667. The maximum Gasteiger partial charge on any atom is 0.123 e. The molecule has 0 fully saturated rings. The largest absolute Gasteiger partial charge is 0.344 e. The summed E-state index contributed by atoms with van der Waals surface area (Å²) in [5, 5.41) is 3.32. The molecule has 0 aliphatic rings. The van der Waals surface area contributed by atoms with Gasteiger partial charge in [-0.25, -0.2) is 4.39 Å². The maximum atomic E-state index is 12.9. The molecule has 0 saturated carbocycles. The van der Waals surface area contributed by atoms with E-state index >= 15 is 0 Å². The molecule has 0 unspecified atom stereocenters. The Hall–Kier alpha value is -1.87. The highest BCUT2D eigenvalue weighted by Gasteiger charge is 2.08. The smallest absolute Gasteiger partial charge is 0.123 e. The first kappa shape index (κ1) is 11.2. The predicted molar refractivity (Wildman–Crippen MR) is 76.3 cm³/mol. The zero-order valence-corrected chi connectivity index (χ0v) is 10.7. The van der Waals surface area contributed by atoms with Gasteiger partial charge >= 0.3 is 0 Å². The number of rotatable bonds is 2. The lowest BCUT2D eigenvalue weighted by Crippen LogP contribution is -2.09. The molecule has 2 aromatic carbocycles. The monoisotopic (exact) mass is 257 g/mol. The van der Waals surface area contributed by atoms with Crippen LogP contribution in [0.15, 0.2) is 53.9 Å². The van der Waals surface area contributed by atoms with Crippen molar-refractivity contribution in [2.45, 2.75) is 0 Å². The van der Waals surface area contributed by atoms with Crippen LogP contribution >= 0.6 is 11.3 Å². The third-order valence-electron chi connectivity index (χ3n) is 3.05. The maximum absolute atomic E-state index is 12.9. The van der Waals surface area contributed by atoms with Gasteiger partial charge in [0.15, 0.2) is 0 Å². The SMILES string of the molecule is CN(c1ccc(F)cc1)c1cccc2sccc12. The van der Waals surface area contributed by atoms with Crippen molar-refractivity contribution in [1.82, 2.24) is 0 Å². The first-order valence-corrected chi connectivity index (χ1v) is 6.59. The Morgan fingerprint density at radius 1 is 1.00 bits per heavy atom. The minimum Gasteiger partial charge on any atom is -0.344 e. The van der Waals surface area contributed by atoms with E-state index in [0.717, 1.165) is 11.4 Å². The van der Waals surface area contributed by atoms with Crippen molar-refractivity contribution in [3.63, 3.8) is 0 Å². The van der Waals surface area contributed by atoms with Crippen LogP contribution in [0.4, 0.5) is 15.8 Å². The van der Waals surface area contributed by atoms with Gasteiger partial charge in [-0.3, -0.25) is 0 Å². The molecule has 3 rings (SSSR count). The Morgan fingerprint density at radius 2 is 1.78 bits per heavy atom. The average Bonchev–Trinajstić information content (AvgIpc) is 2.87. The number of hydrogen-bond acceptors (Lipinski definition) is 2. The number of anilines is 2. The van der Waals surface area contributed by atoms with Gasteiger partial charge in [0.2, 0.25) is 0 Å². The summed E-state index contributed by atoms with van der Waals surface area (Å²) in [6.07, 6.45) is 0. The molecule has 1 nitrogen and oxygen atoms in total. The second-order valence-electron chi connectivity index (χ2n) is 4.14. The number of halogens is 1. The van der Waals surface area contributed by atoms with Gasteiger partial charge in [-0.1, -0.05) is 6.07 Å². The Balaban J connectivity index is 2.08. The molecule has 1 aromatic heterocycles. The molecule has 0 aliphatic carbocycles. The highest BCUT2D eigenvalue weighted by Crippen LogP contribution is 2.33. The van der Waals surface area contributed by atoms with E-state index in [1.807, 2.05) is 13.1 Å². The molecular weight excluding hydrogens is 245 g/mol. The molecule has 3 aromatic rings. The Morgan fingerprint density at radius 3 is 2.56 bits per heavy atom. The van der Waals surface area contributed by atoms with Crippen LogP contribution in [0.2, 0.25) is 0 Å². The lowest BCUT2D eigenvalue weighted by Gasteiger charge is -2.20. The van der Waals surface area contributed by atoms with E-state index in [-0.39, 0.29) is 5.82 Å². The topological polar surface area (TPSA) is 3.24 Å². The molecule has 0 amide bonds. The van der Waals surface area contributed by atoms with Gasteiger partial charge < -0.3 is 4.90 Å². The van der Waals surface area contributed by atoms with Crippen LogP contribution in [-0.2, 0) is 0 Å². The Labute approximate surface area is 109 Å². The Kier molecular flexibility index (Phi) is 2.76. The minimum atomic E-state index is -0.208. The summed E-state index contributed by atoms with van der Waals surface area (Å²) in [5.74, 6) is -0.208. The van der Waals surface area contributed by atoms with Gasteiger partial charge in [-0.2, -0.15) is 0 Å². The first-order valence-electron chi connectivity index (χ1n) is 5.71.